The summed E-state index contributed by atoms with van der Waals surface area (Å²) >= 11 is 0. The minimum absolute atomic E-state index is 0.130. The van der Waals surface area contributed by atoms with E-state index in [0.717, 1.165) is 0 Å². The Hall–Kier alpha value is -2.43. The molecule has 1 rings (SSSR count). The topological polar surface area (TPSA) is 69.7 Å². The molecule has 1 aromatic carbocycles. The minimum atomic E-state index is -0.528. The molecule has 0 saturated carbocycles. The quantitative estimate of drug-likeness (QED) is 0.351. The van der Waals surface area contributed by atoms with Gasteiger partial charge in [-0.05, 0) is 23.8 Å². The SMILES string of the molecule is CC(=O)Oc1ccc(C=CC=O)cc1OC(C)=O. The molecule has 0 atom stereocenters. The van der Waals surface area contributed by atoms with Crippen molar-refractivity contribution in [1.29, 1.82) is 0 Å². The number of allylic oxidation sites excluding steroid dienone is 1. The first-order valence-corrected chi connectivity index (χ1v) is 5.15. The van der Waals surface area contributed by atoms with Crippen LogP contribution in [0.25, 0.3) is 6.08 Å². The third kappa shape index (κ3) is 4.21. The van der Waals surface area contributed by atoms with Crippen molar-refractivity contribution in [2.75, 3.05) is 0 Å². The van der Waals surface area contributed by atoms with Crippen LogP contribution in [-0.2, 0) is 14.4 Å². The Labute approximate surface area is 104 Å². The van der Waals surface area contributed by atoms with Crippen molar-refractivity contribution in [3.05, 3.63) is 29.8 Å². The number of carbonyl (C=O) groups excluding carboxylic acids is 3. The number of benzene rings is 1. The summed E-state index contributed by atoms with van der Waals surface area (Å²) < 4.78 is 9.82. The molecule has 0 aromatic heterocycles. The molecule has 0 aliphatic heterocycles. The summed E-state index contributed by atoms with van der Waals surface area (Å²) in [5, 5.41) is 0. The average molecular weight is 248 g/mol. The van der Waals surface area contributed by atoms with Crippen molar-refractivity contribution in [2.45, 2.75) is 13.8 Å². The Kier molecular flexibility index (Phi) is 4.80. The second-order valence-electron chi connectivity index (χ2n) is 3.39. The van der Waals surface area contributed by atoms with E-state index in [9.17, 15) is 14.4 Å². The van der Waals surface area contributed by atoms with Crippen LogP contribution >= 0.6 is 0 Å². The average Bonchev–Trinajstić information content (AvgIpc) is 2.28. The first-order valence-electron chi connectivity index (χ1n) is 5.15. The first-order chi connectivity index (χ1) is 8.52. The molecular weight excluding hydrogens is 236 g/mol. The van der Waals surface area contributed by atoms with Crippen LogP contribution in [0.5, 0.6) is 11.5 Å². The normalized spacial score (nSPS) is 10.1. The number of aldehydes is 1. The van der Waals surface area contributed by atoms with E-state index in [0.29, 0.717) is 11.8 Å². The fraction of sp³-hybridized carbons (Fsp3) is 0.154. The molecular formula is C13H12O5. The molecule has 0 spiro atoms. The zero-order chi connectivity index (χ0) is 13.5. The van der Waals surface area contributed by atoms with Crippen molar-refractivity contribution in [3.63, 3.8) is 0 Å². The summed E-state index contributed by atoms with van der Waals surface area (Å²) in [5.74, 6) is -0.758. The zero-order valence-electron chi connectivity index (χ0n) is 10.0. The van der Waals surface area contributed by atoms with E-state index in [1.54, 1.807) is 6.07 Å². The molecule has 0 aliphatic rings. The van der Waals surface area contributed by atoms with E-state index in [-0.39, 0.29) is 11.5 Å². The second-order valence-corrected chi connectivity index (χ2v) is 3.39. The maximum absolute atomic E-state index is 10.9. The highest BCUT2D eigenvalue weighted by Gasteiger charge is 2.10. The largest absolute Gasteiger partial charge is 0.423 e. The first kappa shape index (κ1) is 13.6. The van der Waals surface area contributed by atoms with Crippen molar-refractivity contribution < 1.29 is 23.9 Å². The summed E-state index contributed by atoms with van der Waals surface area (Å²) in [6.45, 7) is 2.49. The van der Waals surface area contributed by atoms with Crippen molar-refractivity contribution in [3.8, 4) is 11.5 Å². The molecule has 0 heterocycles. The summed E-state index contributed by atoms with van der Waals surface area (Å²) in [4.78, 5) is 32.0. The minimum Gasteiger partial charge on any atom is -0.423 e. The molecule has 18 heavy (non-hydrogen) atoms. The molecule has 0 N–H and O–H groups in total. The van der Waals surface area contributed by atoms with Crippen LogP contribution < -0.4 is 9.47 Å². The molecule has 0 fully saturated rings. The molecule has 0 bridgehead atoms. The van der Waals surface area contributed by atoms with Gasteiger partial charge in [0, 0.05) is 13.8 Å². The van der Waals surface area contributed by atoms with Gasteiger partial charge in [-0.1, -0.05) is 12.1 Å². The van der Waals surface area contributed by atoms with Gasteiger partial charge in [0.2, 0.25) is 0 Å². The summed E-state index contributed by atoms with van der Waals surface area (Å²) in [6, 6.07) is 4.62. The van der Waals surface area contributed by atoms with Gasteiger partial charge in [0.15, 0.2) is 11.5 Å². The standard InChI is InChI=1S/C13H12O5/c1-9(15)17-12-6-5-11(4-3-7-14)8-13(12)18-10(2)16/h3-8H,1-2H3. The van der Waals surface area contributed by atoms with E-state index < -0.39 is 11.9 Å². The van der Waals surface area contributed by atoms with Crippen molar-refractivity contribution in [2.24, 2.45) is 0 Å². The number of rotatable bonds is 4. The molecule has 0 unspecified atom stereocenters. The fourth-order valence-corrected chi connectivity index (χ4v) is 1.25. The van der Waals surface area contributed by atoms with Gasteiger partial charge < -0.3 is 9.47 Å². The van der Waals surface area contributed by atoms with Crippen LogP contribution in [0.15, 0.2) is 24.3 Å². The summed E-state index contributed by atoms with van der Waals surface area (Å²) in [6.07, 6.45) is 3.47. The fourth-order valence-electron chi connectivity index (χ4n) is 1.25. The molecule has 0 radical (unpaired) electrons. The van der Waals surface area contributed by atoms with Gasteiger partial charge in [0.25, 0.3) is 0 Å². The van der Waals surface area contributed by atoms with Gasteiger partial charge in [-0.2, -0.15) is 0 Å². The number of ether oxygens (including phenoxy) is 2. The smallest absolute Gasteiger partial charge is 0.308 e. The lowest BCUT2D eigenvalue weighted by Gasteiger charge is -2.09. The number of esters is 2. The van der Waals surface area contributed by atoms with Crippen LogP contribution in [-0.4, -0.2) is 18.2 Å². The lowest BCUT2D eigenvalue weighted by atomic mass is 10.2. The third-order valence-corrected chi connectivity index (χ3v) is 1.84. The highest BCUT2D eigenvalue weighted by atomic mass is 16.6. The highest BCUT2D eigenvalue weighted by Crippen LogP contribution is 2.29. The van der Waals surface area contributed by atoms with Crippen molar-refractivity contribution >= 4 is 24.3 Å². The van der Waals surface area contributed by atoms with Gasteiger partial charge in [-0.3, -0.25) is 14.4 Å². The Morgan fingerprint density at radius 3 is 2.22 bits per heavy atom. The third-order valence-electron chi connectivity index (χ3n) is 1.84. The Morgan fingerprint density at radius 1 is 1.06 bits per heavy atom. The maximum Gasteiger partial charge on any atom is 0.308 e. The van der Waals surface area contributed by atoms with Crippen molar-refractivity contribution in [1.82, 2.24) is 0 Å². The van der Waals surface area contributed by atoms with Gasteiger partial charge in [0.1, 0.15) is 6.29 Å². The molecule has 5 nitrogen and oxygen atoms in total. The zero-order valence-corrected chi connectivity index (χ0v) is 10.0. The lowest BCUT2D eigenvalue weighted by molar-refractivity contribution is -0.134. The van der Waals surface area contributed by atoms with Crippen LogP contribution in [0.4, 0.5) is 0 Å². The predicted octanol–water partition coefficient (Wildman–Crippen LogP) is 1.75. The number of carbonyl (C=O) groups is 3. The molecule has 1 aromatic rings. The summed E-state index contributed by atoms with van der Waals surface area (Å²) in [7, 11) is 0. The summed E-state index contributed by atoms with van der Waals surface area (Å²) in [5.41, 5.74) is 0.647. The van der Waals surface area contributed by atoms with E-state index >= 15 is 0 Å². The Bertz CT molecular complexity index is 502. The van der Waals surface area contributed by atoms with E-state index in [1.165, 1.54) is 38.1 Å². The van der Waals surface area contributed by atoms with Crippen LogP contribution in [0.1, 0.15) is 19.4 Å². The van der Waals surface area contributed by atoms with Gasteiger partial charge in [-0.25, -0.2) is 0 Å². The van der Waals surface area contributed by atoms with E-state index in [2.05, 4.69) is 0 Å². The Morgan fingerprint density at radius 2 is 1.67 bits per heavy atom. The lowest BCUT2D eigenvalue weighted by Crippen LogP contribution is -2.07. The molecule has 5 heteroatoms. The molecule has 94 valence electrons. The second kappa shape index (κ2) is 6.34. The van der Waals surface area contributed by atoms with E-state index in [1.807, 2.05) is 0 Å². The predicted molar refractivity (Wildman–Crippen MR) is 64.2 cm³/mol. The van der Waals surface area contributed by atoms with Gasteiger partial charge in [0.05, 0.1) is 0 Å². The molecule has 0 aliphatic carbocycles. The van der Waals surface area contributed by atoms with Crippen LogP contribution in [0.2, 0.25) is 0 Å². The highest BCUT2D eigenvalue weighted by molar-refractivity contribution is 5.77. The maximum atomic E-state index is 10.9. The van der Waals surface area contributed by atoms with Crippen LogP contribution in [0.3, 0.4) is 0 Å². The van der Waals surface area contributed by atoms with Crippen LogP contribution in [0, 0.1) is 0 Å². The van der Waals surface area contributed by atoms with Gasteiger partial charge in [-0.15, -0.1) is 0 Å². The van der Waals surface area contributed by atoms with E-state index in [4.69, 9.17) is 9.47 Å². The Balaban J connectivity index is 3.10. The monoisotopic (exact) mass is 248 g/mol. The molecule has 0 saturated heterocycles. The molecule has 0 amide bonds. The number of hydrogen-bond donors (Lipinski definition) is 0. The number of hydrogen-bond acceptors (Lipinski definition) is 5. The van der Waals surface area contributed by atoms with Gasteiger partial charge >= 0.3 is 11.9 Å².